The molecule has 2 aromatic rings. The van der Waals surface area contributed by atoms with E-state index in [4.69, 9.17) is 0 Å². The Morgan fingerprint density at radius 3 is 2.32 bits per heavy atom. The summed E-state index contributed by atoms with van der Waals surface area (Å²) in [4.78, 5) is 60.8. The molecule has 4 amide bonds. The molecular weight excluding hydrogens is 835 g/mol. The minimum Gasteiger partial charge on any atom is -0.389 e. The normalized spacial score (nSPS) is 33.8. The number of hydrogen-bond donors (Lipinski definition) is 6. The Hall–Kier alpha value is -4.58. The van der Waals surface area contributed by atoms with Crippen LogP contribution in [0.2, 0.25) is 0 Å². The van der Waals surface area contributed by atoms with E-state index in [1.807, 2.05) is 18.0 Å². The Morgan fingerprint density at radius 2 is 1.55 bits per heavy atom. The molecule has 0 aromatic heterocycles. The fourth-order valence-corrected chi connectivity index (χ4v) is 13.1. The van der Waals surface area contributed by atoms with E-state index in [0.717, 1.165) is 81.9 Å². The molecule has 66 heavy (non-hydrogen) atoms. The standard InChI is InChI=1S/C50H69N11O5/c1-49(66)18-3-2-4-23-60-47(65)39-31-51-48(55-44(39)61(60)42-7-5-6-41(49)53-42)52-34-9-12-35(13-10-34)57-26-28-58(29-27-57)36-16-19-50(20-17-36)21-24-56(25-22-50)37-11-8-33-32-59(46(64)38(33)30-37)40-14-15-43(62)54-45(40)63/h2,4,8-13,30,36,39-42,44,48,51-53,55,66H,3,5-7,14-29,31-32H2,1H3,(H,54,62,63)/b4-2-/t39?,40?,41?,42?,44?,48?,49-/m1/s1. The second kappa shape index (κ2) is 17.8. The number of amides is 4. The van der Waals surface area contributed by atoms with Crippen LogP contribution in [0.15, 0.2) is 54.6 Å². The second-order valence-electron chi connectivity index (χ2n) is 21.1. The quantitative estimate of drug-likeness (QED) is 0.185. The van der Waals surface area contributed by atoms with Crippen LogP contribution in [0.3, 0.4) is 0 Å². The Balaban J connectivity index is 0.639. The molecule has 8 heterocycles. The van der Waals surface area contributed by atoms with Crippen LogP contribution in [-0.4, -0.2) is 143 Å². The number of allylic oxidation sites excluding steroid dienone is 1. The van der Waals surface area contributed by atoms with Crippen molar-refractivity contribution in [2.45, 2.75) is 139 Å². The van der Waals surface area contributed by atoms with Gasteiger partial charge in [-0.3, -0.25) is 50.4 Å². The molecule has 6 unspecified atom stereocenters. The highest BCUT2D eigenvalue weighted by atomic mass is 16.3. The maximum atomic E-state index is 13.8. The zero-order valence-electron chi connectivity index (χ0n) is 38.6. The monoisotopic (exact) mass is 904 g/mol. The van der Waals surface area contributed by atoms with Gasteiger partial charge < -0.3 is 25.1 Å². The fraction of sp³-hybridized carbons (Fsp3) is 0.640. The number of fused-ring (bicyclic) bond motifs is 7. The smallest absolute Gasteiger partial charge is 0.255 e. The van der Waals surface area contributed by atoms with Gasteiger partial charge in [-0.2, -0.15) is 5.01 Å². The number of anilines is 3. The van der Waals surface area contributed by atoms with Crippen molar-refractivity contribution < 1.29 is 24.3 Å². The molecule has 6 N–H and O–H groups in total. The molecule has 9 aliphatic rings. The molecule has 2 aromatic carbocycles. The first-order valence-corrected chi connectivity index (χ1v) is 25.1. The molecule has 6 saturated heterocycles. The highest BCUT2D eigenvalue weighted by molar-refractivity contribution is 6.05. The van der Waals surface area contributed by atoms with Crippen molar-refractivity contribution in [1.82, 2.24) is 41.1 Å². The number of hydrazine groups is 1. The van der Waals surface area contributed by atoms with E-state index in [-0.39, 0.29) is 60.6 Å². The van der Waals surface area contributed by atoms with Crippen LogP contribution in [0.25, 0.3) is 0 Å². The van der Waals surface area contributed by atoms with E-state index in [1.165, 1.54) is 44.2 Å². The van der Waals surface area contributed by atoms with Crippen LogP contribution in [0.5, 0.6) is 0 Å². The molecule has 16 heteroatoms. The average Bonchev–Trinajstić information content (AvgIpc) is 3.80. The summed E-state index contributed by atoms with van der Waals surface area (Å²) in [6, 6.07) is 15.1. The number of benzene rings is 2. The first kappa shape index (κ1) is 44.0. The van der Waals surface area contributed by atoms with Crippen LogP contribution in [0.1, 0.15) is 106 Å². The van der Waals surface area contributed by atoms with Crippen molar-refractivity contribution in [1.29, 1.82) is 0 Å². The lowest BCUT2D eigenvalue weighted by molar-refractivity contribution is -0.146. The number of imide groups is 1. The fourth-order valence-electron chi connectivity index (χ4n) is 13.1. The minimum atomic E-state index is -0.805. The topological polar surface area (TPSA) is 168 Å². The van der Waals surface area contributed by atoms with Crippen LogP contribution in [-0.2, 0) is 20.9 Å². The molecule has 11 rings (SSSR count). The third kappa shape index (κ3) is 8.40. The summed E-state index contributed by atoms with van der Waals surface area (Å²) in [5, 5.41) is 32.7. The Labute approximate surface area is 388 Å². The van der Waals surface area contributed by atoms with E-state index >= 15 is 0 Å². The maximum Gasteiger partial charge on any atom is 0.255 e. The maximum absolute atomic E-state index is 13.8. The molecule has 354 valence electrons. The number of piperidine rings is 3. The first-order chi connectivity index (χ1) is 32.0. The molecule has 2 bridgehead atoms. The Kier molecular flexibility index (Phi) is 11.9. The molecule has 16 nitrogen and oxygen atoms in total. The van der Waals surface area contributed by atoms with Crippen LogP contribution >= 0.6 is 0 Å². The lowest BCUT2D eigenvalue weighted by Gasteiger charge is -2.49. The lowest BCUT2D eigenvalue weighted by atomic mass is 9.66. The van der Waals surface area contributed by atoms with Gasteiger partial charge in [-0.1, -0.05) is 18.2 Å². The number of aliphatic hydroxyl groups is 1. The van der Waals surface area contributed by atoms with Gasteiger partial charge in [0.1, 0.15) is 12.3 Å². The van der Waals surface area contributed by atoms with E-state index in [0.29, 0.717) is 49.5 Å². The van der Waals surface area contributed by atoms with Crippen molar-refractivity contribution >= 4 is 40.7 Å². The number of hydrogen-bond acceptors (Lipinski definition) is 13. The molecule has 1 aliphatic carbocycles. The van der Waals surface area contributed by atoms with Crippen LogP contribution in [0, 0.1) is 11.3 Å². The molecule has 8 aliphatic heterocycles. The molecule has 1 spiro atoms. The number of carbonyl (C=O) groups excluding carboxylic acids is 4. The van der Waals surface area contributed by atoms with Gasteiger partial charge in [0, 0.05) is 93.5 Å². The third-order valence-corrected chi connectivity index (χ3v) is 17.2. The van der Waals surface area contributed by atoms with Crippen molar-refractivity contribution in [2.24, 2.45) is 11.3 Å². The largest absolute Gasteiger partial charge is 0.389 e. The zero-order chi connectivity index (χ0) is 45.2. The SMILES string of the molecule is C[C@@]1(O)CC/C=C\CN2C(=O)C3CNC(Nc4ccc(N5CCN(C6CCC7(CC6)CCN(c6ccc8c(c6)C(=O)N(C6CCC(=O)NC6=O)C8)CC7)CC5)cc4)NC3N2C2CCCC1N2. The summed E-state index contributed by atoms with van der Waals surface area (Å²) in [5.74, 6) is -0.792. The summed E-state index contributed by atoms with van der Waals surface area (Å²) in [5.41, 5.74) is 4.61. The number of piperazine rings is 1. The van der Waals surface area contributed by atoms with Crippen LogP contribution < -0.4 is 36.4 Å². The summed E-state index contributed by atoms with van der Waals surface area (Å²) in [7, 11) is 0. The highest BCUT2D eigenvalue weighted by Crippen LogP contribution is 2.47. The van der Waals surface area contributed by atoms with Gasteiger partial charge in [0.05, 0.1) is 30.4 Å². The van der Waals surface area contributed by atoms with Crippen molar-refractivity contribution in [2.75, 3.05) is 67.5 Å². The van der Waals surface area contributed by atoms with Gasteiger partial charge in [0.2, 0.25) is 17.7 Å². The molecule has 7 atom stereocenters. The van der Waals surface area contributed by atoms with E-state index < -0.39 is 11.6 Å². The van der Waals surface area contributed by atoms with Crippen molar-refractivity contribution in [3.8, 4) is 0 Å². The van der Waals surface area contributed by atoms with E-state index in [9.17, 15) is 24.3 Å². The van der Waals surface area contributed by atoms with Crippen molar-refractivity contribution in [3.63, 3.8) is 0 Å². The summed E-state index contributed by atoms with van der Waals surface area (Å²) < 4.78 is 0. The number of nitrogens with zero attached hydrogens (tertiary/aromatic N) is 6. The average molecular weight is 904 g/mol. The van der Waals surface area contributed by atoms with Gasteiger partial charge in [-0.25, -0.2) is 0 Å². The number of carbonyl (C=O) groups is 4. The van der Waals surface area contributed by atoms with Gasteiger partial charge in [-0.05, 0) is 131 Å². The summed E-state index contributed by atoms with van der Waals surface area (Å²) >= 11 is 0. The highest BCUT2D eigenvalue weighted by Gasteiger charge is 2.53. The number of rotatable bonds is 6. The lowest BCUT2D eigenvalue weighted by Crippen LogP contribution is -2.69. The molecule has 1 saturated carbocycles. The molecule has 7 fully saturated rings. The van der Waals surface area contributed by atoms with Gasteiger partial charge >= 0.3 is 0 Å². The Bertz CT molecular complexity index is 2190. The van der Waals surface area contributed by atoms with Gasteiger partial charge in [0.25, 0.3) is 5.91 Å². The predicted octanol–water partition coefficient (Wildman–Crippen LogP) is 3.26. The van der Waals surface area contributed by atoms with Gasteiger partial charge in [0.15, 0.2) is 0 Å². The predicted molar refractivity (Wildman–Crippen MR) is 252 cm³/mol. The first-order valence-electron chi connectivity index (χ1n) is 25.1. The number of nitrogens with one attached hydrogen (secondary N) is 5. The third-order valence-electron chi connectivity index (χ3n) is 17.2. The van der Waals surface area contributed by atoms with Gasteiger partial charge in [-0.15, -0.1) is 0 Å². The second-order valence-corrected chi connectivity index (χ2v) is 21.1. The summed E-state index contributed by atoms with van der Waals surface area (Å²) in [6.45, 7) is 9.69. The molecular formula is C50H69N11O5. The summed E-state index contributed by atoms with van der Waals surface area (Å²) in [6.07, 6.45) is 16.2. The van der Waals surface area contributed by atoms with Crippen LogP contribution in [0.4, 0.5) is 17.1 Å². The molecule has 0 radical (unpaired) electrons. The van der Waals surface area contributed by atoms with Crippen molar-refractivity contribution in [3.05, 3.63) is 65.7 Å². The zero-order valence-corrected chi connectivity index (χ0v) is 38.6. The van der Waals surface area contributed by atoms with E-state index in [1.54, 1.807) is 4.90 Å². The minimum absolute atomic E-state index is 0.0167. The Morgan fingerprint density at radius 1 is 0.788 bits per heavy atom. The van der Waals surface area contributed by atoms with E-state index in [2.05, 4.69) is 94.8 Å².